The zero-order chi connectivity index (χ0) is 6.41. The Morgan fingerprint density at radius 2 is 2.38 bits per heavy atom. The second kappa shape index (κ2) is 6.03. The molecular weight excluding hydrogens is 207 g/mol. The molecule has 0 amide bonds. The molecule has 3 heteroatoms. The molecule has 0 nitrogen and oxygen atoms in total. The molecule has 0 aliphatic heterocycles. The second-order valence-electron chi connectivity index (χ2n) is 1.44. The van der Waals surface area contributed by atoms with Gasteiger partial charge in [0.1, 0.15) is 0 Å². The first-order valence-corrected chi connectivity index (χ1v) is 5.45. The van der Waals surface area contributed by atoms with E-state index >= 15 is 0 Å². The van der Waals surface area contributed by atoms with Crippen molar-refractivity contribution in [3.63, 3.8) is 0 Å². The van der Waals surface area contributed by atoms with E-state index in [0.29, 0.717) is 18.2 Å². The van der Waals surface area contributed by atoms with Gasteiger partial charge >= 0.3 is 67.1 Å². The molecule has 0 saturated heterocycles. The van der Waals surface area contributed by atoms with Gasteiger partial charge in [-0.3, -0.25) is 0 Å². The molecule has 0 aliphatic rings. The van der Waals surface area contributed by atoms with Crippen molar-refractivity contribution in [3.8, 4) is 0 Å². The predicted molar refractivity (Wildman–Crippen MR) is 43.9 cm³/mol. The van der Waals surface area contributed by atoms with Crippen molar-refractivity contribution < 1.29 is 0 Å². The van der Waals surface area contributed by atoms with Crippen molar-refractivity contribution in [2.75, 3.05) is 0 Å². The van der Waals surface area contributed by atoms with Gasteiger partial charge in [-0.2, -0.15) is 0 Å². The molecule has 0 heterocycles. The molecule has 0 rings (SSSR count). The molecule has 48 valence electrons. The molecule has 8 heavy (non-hydrogen) atoms. The van der Waals surface area contributed by atoms with Gasteiger partial charge < -0.3 is 0 Å². The van der Waals surface area contributed by atoms with E-state index in [2.05, 4.69) is 6.92 Å². The summed E-state index contributed by atoms with van der Waals surface area (Å²) in [6.07, 6.45) is 2.52. The fourth-order valence-corrected chi connectivity index (χ4v) is 2.38. The summed E-state index contributed by atoms with van der Waals surface area (Å²) in [5.74, 6) is 0. The fraction of sp³-hybridized carbons (Fsp3) is 0.800. The van der Waals surface area contributed by atoms with Gasteiger partial charge in [0.25, 0.3) is 0 Å². The number of hydrogen-bond acceptors (Lipinski definition) is 1. The molecule has 0 saturated carbocycles. The second-order valence-corrected chi connectivity index (χ2v) is 5.86. The van der Waals surface area contributed by atoms with Crippen LogP contribution in [0.3, 0.4) is 0 Å². The summed E-state index contributed by atoms with van der Waals surface area (Å²) in [6.45, 7) is 2.17. The number of halogens is 1. The Kier molecular flexibility index (Phi) is 6.70. The van der Waals surface area contributed by atoms with E-state index in [9.17, 15) is 0 Å². The Labute approximate surface area is 67.1 Å². The normalized spacial score (nSPS) is 9.25. The van der Waals surface area contributed by atoms with Gasteiger partial charge in [0, 0.05) is 0 Å². The zero-order valence-electron chi connectivity index (χ0n) is 4.82. The van der Waals surface area contributed by atoms with Crippen LogP contribution in [0.2, 0.25) is 5.32 Å². The molecule has 0 radical (unpaired) electrons. The van der Waals surface area contributed by atoms with Crippen molar-refractivity contribution >= 4 is 42.0 Å². The molecule has 0 N–H and O–H groups in total. The van der Waals surface area contributed by atoms with Gasteiger partial charge in [0.2, 0.25) is 0 Å². The maximum absolute atomic E-state index is 5.47. The van der Waals surface area contributed by atoms with Crippen LogP contribution in [0.4, 0.5) is 0 Å². The summed E-state index contributed by atoms with van der Waals surface area (Å²) < 4.78 is 0.686. The summed E-state index contributed by atoms with van der Waals surface area (Å²) in [5.41, 5.74) is 0. The third-order valence-electron chi connectivity index (χ3n) is 0.713. The Bertz CT molecular complexity index is 74.8. The third-order valence-corrected chi connectivity index (χ3v) is 3.40. The third kappa shape index (κ3) is 6.90. The SMILES string of the molecule is CCCC[Se]C(=S)Cl. The van der Waals surface area contributed by atoms with Crippen LogP contribution >= 0.6 is 23.8 Å². The van der Waals surface area contributed by atoms with Gasteiger partial charge in [-0.15, -0.1) is 0 Å². The molecule has 0 aromatic rings. The van der Waals surface area contributed by atoms with Crippen molar-refractivity contribution in [2.24, 2.45) is 0 Å². The van der Waals surface area contributed by atoms with Crippen molar-refractivity contribution in [3.05, 3.63) is 0 Å². The van der Waals surface area contributed by atoms with Gasteiger partial charge in [-0.1, -0.05) is 0 Å². The van der Waals surface area contributed by atoms with Gasteiger partial charge in [-0.05, 0) is 0 Å². The number of thiocarbonyl (C=S) groups is 1. The average molecular weight is 216 g/mol. The van der Waals surface area contributed by atoms with Crippen LogP contribution in [0.5, 0.6) is 0 Å². The number of hydrogen-bond donors (Lipinski definition) is 0. The van der Waals surface area contributed by atoms with E-state index in [4.69, 9.17) is 23.8 Å². The standard InChI is InChI=1S/C5H9ClSSe/c1-2-3-4-8-5(6)7/h2-4H2,1H3. The van der Waals surface area contributed by atoms with E-state index in [-0.39, 0.29) is 0 Å². The van der Waals surface area contributed by atoms with E-state index in [1.54, 1.807) is 0 Å². The topological polar surface area (TPSA) is 0 Å². The molecule has 0 fully saturated rings. The van der Waals surface area contributed by atoms with E-state index < -0.39 is 0 Å². The molecule has 0 aromatic carbocycles. The predicted octanol–water partition coefficient (Wildman–Crippen LogP) is 2.43. The minimum absolute atomic E-state index is 0.424. The van der Waals surface area contributed by atoms with Crippen LogP contribution in [0.15, 0.2) is 0 Å². The monoisotopic (exact) mass is 216 g/mol. The van der Waals surface area contributed by atoms with Crippen molar-refractivity contribution in [2.45, 2.75) is 25.1 Å². The Morgan fingerprint density at radius 3 is 2.75 bits per heavy atom. The van der Waals surface area contributed by atoms with E-state index in [0.717, 1.165) is 0 Å². The van der Waals surface area contributed by atoms with Gasteiger partial charge in [0.05, 0.1) is 0 Å². The summed E-state index contributed by atoms with van der Waals surface area (Å²) >= 11 is 10.6. The molecule has 0 bridgehead atoms. The van der Waals surface area contributed by atoms with Gasteiger partial charge in [0.15, 0.2) is 0 Å². The molecule has 0 unspecified atom stereocenters. The van der Waals surface area contributed by atoms with Crippen LogP contribution in [-0.4, -0.2) is 18.2 Å². The summed E-state index contributed by atoms with van der Waals surface area (Å²) in [6, 6.07) is 0. The Balaban J connectivity index is 2.82. The summed E-state index contributed by atoms with van der Waals surface area (Å²) in [4.78, 5) is 0. The minimum atomic E-state index is 0.424. The van der Waals surface area contributed by atoms with Crippen LogP contribution < -0.4 is 0 Å². The van der Waals surface area contributed by atoms with Gasteiger partial charge in [-0.25, -0.2) is 0 Å². The molecule has 0 aliphatic carbocycles. The molecule has 0 atom stereocenters. The first kappa shape index (κ1) is 8.90. The van der Waals surface area contributed by atoms with E-state index in [1.807, 2.05) is 0 Å². The molecule has 0 aromatic heterocycles. The first-order valence-electron chi connectivity index (χ1n) is 2.59. The quantitative estimate of drug-likeness (QED) is 0.300. The van der Waals surface area contributed by atoms with Crippen LogP contribution in [-0.2, 0) is 0 Å². The van der Waals surface area contributed by atoms with E-state index in [1.165, 1.54) is 18.2 Å². The average Bonchev–Trinajstić information content (AvgIpc) is 1.66. The van der Waals surface area contributed by atoms with Crippen molar-refractivity contribution in [1.29, 1.82) is 0 Å². The van der Waals surface area contributed by atoms with Crippen LogP contribution in [0.1, 0.15) is 19.8 Å². The Morgan fingerprint density at radius 1 is 1.75 bits per heavy atom. The summed E-state index contributed by atoms with van der Waals surface area (Å²) in [5, 5.41) is 1.21. The molecule has 0 spiro atoms. The Hall–Kier alpha value is 0.899. The number of unbranched alkanes of at least 4 members (excludes halogenated alkanes) is 1. The fourth-order valence-electron chi connectivity index (χ4n) is 0.297. The van der Waals surface area contributed by atoms with Crippen LogP contribution in [0, 0.1) is 0 Å². The maximum atomic E-state index is 5.47. The number of rotatable bonds is 4. The van der Waals surface area contributed by atoms with Crippen molar-refractivity contribution in [1.82, 2.24) is 0 Å². The first-order chi connectivity index (χ1) is 3.77. The van der Waals surface area contributed by atoms with Crippen LogP contribution in [0.25, 0.3) is 0 Å². The summed E-state index contributed by atoms with van der Waals surface area (Å²) in [7, 11) is 0. The zero-order valence-corrected chi connectivity index (χ0v) is 8.10. The molecular formula is C5H9ClSSe.